The Hall–Kier alpha value is -2.76. The van der Waals surface area contributed by atoms with Crippen molar-refractivity contribution < 1.29 is 28.5 Å². The normalized spacial score (nSPS) is 10.6. The van der Waals surface area contributed by atoms with E-state index < -0.39 is 11.9 Å². The lowest BCUT2D eigenvalue weighted by atomic mass is 9.87. The molecule has 1 aromatic rings. The van der Waals surface area contributed by atoms with E-state index in [0.717, 1.165) is 17.7 Å². The van der Waals surface area contributed by atoms with E-state index in [1.807, 2.05) is 12.1 Å². The Labute approximate surface area is 154 Å². The van der Waals surface area contributed by atoms with Gasteiger partial charge in [-0.15, -0.1) is 0 Å². The minimum absolute atomic E-state index is 0.0641. The minimum atomic E-state index is -0.503. The topological polar surface area (TPSA) is 71.1 Å². The van der Waals surface area contributed by atoms with Gasteiger partial charge in [0.15, 0.2) is 11.5 Å². The van der Waals surface area contributed by atoms with Gasteiger partial charge in [-0.05, 0) is 23.1 Å². The van der Waals surface area contributed by atoms with Crippen molar-refractivity contribution in [3.8, 4) is 11.5 Å². The second-order valence-corrected chi connectivity index (χ2v) is 6.35. The van der Waals surface area contributed by atoms with Gasteiger partial charge in [-0.3, -0.25) is 0 Å². The highest BCUT2D eigenvalue weighted by Gasteiger charge is 2.17. The zero-order valence-electron chi connectivity index (χ0n) is 15.6. The summed E-state index contributed by atoms with van der Waals surface area (Å²) in [4.78, 5) is 22.1. The molecule has 0 heterocycles. The Morgan fingerprint density at radius 1 is 0.885 bits per heavy atom. The number of hydrogen-bond acceptors (Lipinski definition) is 6. The predicted molar refractivity (Wildman–Crippen MR) is 98.4 cm³/mol. The lowest BCUT2D eigenvalue weighted by molar-refractivity contribution is -0.139. The van der Waals surface area contributed by atoms with E-state index in [1.54, 1.807) is 6.07 Å². The van der Waals surface area contributed by atoms with Gasteiger partial charge in [0.1, 0.15) is 26.4 Å². The molecule has 1 rings (SSSR count). The van der Waals surface area contributed by atoms with Gasteiger partial charge >= 0.3 is 11.9 Å². The summed E-state index contributed by atoms with van der Waals surface area (Å²) in [5.41, 5.74) is 1.01. The molecule has 0 atom stereocenters. The summed E-state index contributed by atoms with van der Waals surface area (Å²) < 4.78 is 21.1. The number of carbonyl (C=O) groups is 2. The fourth-order valence-electron chi connectivity index (χ4n) is 1.91. The summed E-state index contributed by atoms with van der Waals surface area (Å²) in [7, 11) is 0. The van der Waals surface area contributed by atoms with E-state index in [2.05, 4.69) is 33.9 Å². The Morgan fingerprint density at radius 2 is 1.38 bits per heavy atom. The average Bonchev–Trinajstić information content (AvgIpc) is 2.61. The van der Waals surface area contributed by atoms with Crippen LogP contribution < -0.4 is 9.47 Å². The van der Waals surface area contributed by atoms with E-state index >= 15 is 0 Å². The van der Waals surface area contributed by atoms with Gasteiger partial charge in [-0.2, -0.15) is 0 Å². The predicted octanol–water partition coefficient (Wildman–Crippen LogP) is 3.20. The fraction of sp³-hybridized carbons (Fsp3) is 0.400. The molecule has 142 valence electrons. The minimum Gasteiger partial charge on any atom is -0.486 e. The number of esters is 2. The maximum atomic E-state index is 11.1. The van der Waals surface area contributed by atoms with Crippen molar-refractivity contribution in [2.45, 2.75) is 26.2 Å². The summed E-state index contributed by atoms with van der Waals surface area (Å²) in [5.74, 6) is 0.0413. The van der Waals surface area contributed by atoms with Crippen molar-refractivity contribution in [2.24, 2.45) is 0 Å². The van der Waals surface area contributed by atoms with Crippen LogP contribution in [0.2, 0.25) is 0 Å². The van der Waals surface area contributed by atoms with Gasteiger partial charge in [0.25, 0.3) is 0 Å². The standard InChI is InChI=1S/C20H26O6/c1-6-18(21)25-12-10-23-16-9-8-15(20(3,4)5)14-17(16)24-11-13-26-19(22)7-2/h6-9,14H,1-2,10-13H2,3-5H3. The van der Waals surface area contributed by atoms with Crippen LogP contribution >= 0.6 is 0 Å². The molecular formula is C20H26O6. The number of hydrogen-bond donors (Lipinski definition) is 0. The first kappa shape index (κ1) is 21.3. The molecule has 0 aliphatic heterocycles. The quantitative estimate of drug-likeness (QED) is 0.362. The van der Waals surface area contributed by atoms with E-state index in [-0.39, 0.29) is 31.8 Å². The third kappa shape index (κ3) is 7.42. The van der Waals surface area contributed by atoms with Gasteiger partial charge in [-0.1, -0.05) is 40.0 Å². The van der Waals surface area contributed by atoms with Crippen molar-refractivity contribution >= 4 is 11.9 Å². The maximum Gasteiger partial charge on any atom is 0.330 e. The smallest absolute Gasteiger partial charge is 0.330 e. The molecule has 0 aromatic heterocycles. The molecule has 0 aliphatic carbocycles. The molecule has 0 bridgehead atoms. The zero-order valence-corrected chi connectivity index (χ0v) is 15.6. The molecule has 0 amide bonds. The monoisotopic (exact) mass is 362 g/mol. The van der Waals surface area contributed by atoms with Crippen LogP contribution in [-0.2, 0) is 24.5 Å². The molecule has 26 heavy (non-hydrogen) atoms. The van der Waals surface area contributed by atoms with Crippen LogP contribution in [0.15, 0.2) is 43.5 Å². The number of benzene rings is 1. The summed E-state index contributed by atoms with van der Waals surface area (Å²) in [5, 5.41) is 0. The second-order valence-electron chi connectivity index (χ2n) is 6.35. The van der Waals surface area contributed by atoms with Crippen LogP contribution in [0, 0.1) is 0 Å². The molecule has 0 N–H and O–H groups in total. The fourth-order valence-corrected chi connectivity index (χ4v) is 1.91. The highest BCUT2D eigenvalue weighted by Crippen LogP contribution is 2.33. The third-order valence-corrected chi connectivity index (χ3v) is 3.31. The lowest BCUT2D eigenvalue weighted by Gasteiger charge is -2.21. The first-order valence-electron chi connectivity index (χ1n) is 8.26. The number of carbonyl (C=O) groups excluding carboxylic acids is 2. The third-order valence-electron chi connectivity index (χ3n) is 3.31. The van der Waals surface area contributed by atoms with E-state index in [1.165, 1.54) is 0 Å². The molecule has 0 radical (unpaired) electrons. The SMILES string of the molecule is C=CC(=O)OCCOc1ccc(C(C)(C)C)cc1OCCOC(=O)C=C. The van der Waals surface area contributed by atoms with Gasteiger partial charge in [0.2, 0.25) is 0 Å². The van der Waals surface area contributed by atoms with Crippen LogP contribution in [0.5, 0.6) is 11.5 Å². The van der Waals surface area contributed by atoms with Crippen LogP contribution in [0.1, 0.15) is 26.3 Å². The van der Waals surface area contributed by atoms with Gasteiger partial charge < -0.3 is 18.9 Å². The van der Waals surface area contributed by atoms with Crippen molar-refractivity contribution in [3.63, 3.8) is 0 Å². The molecule has 0 aliphatic rings. The Morgan fingerprint density at radius 3 is 1.85 bits per heavy atom. The van der Waals surface area contributed by atoms with Gasteiger partial charge in [0, 0.05) is 12.2 Å². The summed E-state index contributed by atoms with van der Waals surface area (Å²) >= 11 is 0. The Bertz CT molecular complexity index is 642. The van der Waals surface area contributed by atoms with Crippen molar-refractivity contribution in [1.82, 2.24) is 0 Å². The Balaban J connectivity index is 2.73. The molecule has 0 unspecified atom stereocenters. The van der Waals surface area contributed by atoms with Crippen LogP contribution in [0.4, 0.5) is 0 Å². The van der Waals surface area contributed by atoms with Crippen LogP contribution in [0.25, 0.3) is 0 Å². The summed E-state index contributed by atoms with van der Waals surface area (Å²) in [6.45, 7) is 13.5. The highest BCUT2D eigenvalue weighted by molar-refractivity contribution is 5.81. The number of rotatable bonds is 10. The zero-order chi connectivity index (χ0) is 19.6. The molecular weight excluding hydrogens is 336 g/mol. The summed E-state index contributed by atoms with van der Waals surface area (Å²) in [6, 6.07) is 5.65. The average molecular weight is 362 g/mol. The Kier molecular flexibility index (Phi) is 8.42. The van der Waals surface area contributed by atoms with Crippen molar-refractivity contribution in [3.05, 3.63) is 49.1 Å². The molecule has 6 heteroatoms. The number of ether oxygens (including phenoxy) is 4. The van der Waals surface area contributed by atoms with E-state index in [4.69, 9.17) is 18.9 Å². The van der Waals surface area contributed by atoms with Crippen LogP contribution in [-0.4, -0.2) is 38.4 Å². The molecule has 0 spiro atoms. The largest absolute Gasteiger partial charge is 0.486 e. The lowest BCUT2D eigenvalue weighted by Crippen LogP contribution is -2.15. The van der Waals surface area contributed by atoms with Crippen LogP contribution in [0.3, 0.4) is 0 Å². The molecule has 0 saturated carbocycles. The highest BCUT2D eigenvalue weighted by atomic mass is 16.6. The second kappa shape index (κ2) is 10.3. The first-order valence-corrected chi connectivity index (χ1v) is 8.26. The first-order chi connectivity index (χ1) is 12.3. The van der Waals surface area contributed by atoms with Gasteiger partial charge in [-0.25, -0.2) is 9.59 Å². The van der Waals surface area contributed by atoms with Gasteiger partial charge in [0.05, 0.1) is 0 Å². The molecule has 0 saturated heterocycles. The van der Waals surface area contributed by atoms with E-state index in [0.29, 0.717) is 11.5 Å². The van der Waals surface area contributed by atoms with Crippen molar-refractivity contribution in [2.75, 3.05) is 26.4 Å². The van der Waals surface area contributed by atoms with Crippen molar-refractivity contribution in [1.29, 1.82) is 0 Å². The molecule has 1 aromatic carbocycles. The van der Waals surface area contributed by atoms with E-state index in [9.17, 15) is 9.59 Å². The summed E-state index contributed by atoms with van der Waals surface area (Å²) in [6.07, 6.45) is 2.19. The molecule has 6 nitrogen and oxygen atoms in total. The molecule has 0 fully saturated rings. The maximum absolute atomic E-state index is 11.1.